The highest BCUT2D eigenvalue weighted by atomic mass is 15.3. The molecule has 2 bridgehead atoms. The number of likely N-dealkylation sites (N-methyl/N-ethyl adjacent to an activating group) is 1. The van der Waals surface area contributed by atoms with E-state index < -0.39 is 0 Å². The fraction of sp³-hybridized carbons (Fsp3) is 0.824. The summed E-state index contributed by atoms with van der Waals surface area (Å²) in [5.41, 5.74) is 4.11. The smallest absolute Gasteiger partial charge is 0.0628 e. The molecule has 1 aromatic rings. The lowest BCUT2D eigenvalue weighted by Crippen LogP contribution is -2.19. The summed E-state index contributed by atoms with van der Waals surface area (Å²) in [6.07, 6.45) is 7.03. The van der Waals surface area contributed by atoms with E-state index in [0.29, 0.717) is 0 Å². The first-order valence-electron chi connectivity index (χ1n) is 8.42. The third-order valence-corrected chi connectivity index (χ3v) is 5.63. The predicted molar refractivity (Wildman–Crippen MR) is 82.9 cm³/mol. The summed E-state index contributed by atoms with van der Waals surface area (Å²) < 4.78 is 2.31. The molecule has 3 atom stereocenters. The van der Waals surface area contributed by atoms with E-state index in [2.05, 4.69) is 30.8 Å². The van der Waals surface area contributed by atoms with Crippen molar-refractivity contribution in [2.24, 2.45) is 17.8 Å². The molecule has 20 heavy (non-hydrogen) atoms. The van der Waals surface area contributed by atoms with Gasteiger partial charge < -0.3 is 5.32 Å². The number of aromatic nitrogens is 2. The van der Waals surface area contributed by atoms with Crippen LogP contribution in [0.1, 0.15) is 49.6 Å². The lowest BCUT2D eigenvalue weighted by atomic mass is 9.89. The van der Waals surface area contributed by atoms with E-state index in [-0.39, 0.29) is 0 Å². The zero-order valence-electron chi connectivity index (χ0n) is 13.3. The molecule has 0 saturated heterocycles. The Morgan fingerprint density at radius 2 is 2.10 bits per heavy atom. The summed E-state index contributed by atoms with van der Waals surface area (Å²) in [7, 11) is 0. The number of nitrogens with one attached hydrogen (secondary N) is 1. The molecule has 1 N–H and O–H groups in total. The standard InChI is InChI=1S/C17H29N3/c1-4-18-8-7-17-12(2)19-20(13(17)3)11-16-10-14-5-6-15(16)9-14/h14-16,18H,4-11H2,1-3H3. The van der Waals surface area contributed by atoms with Gasteiger partial charge in [-0.05, 0) is 75.9 Å². The molecule has 1 heterocycles. The zero-order valence-corrected chi connectivity index (χ0v) is 13.3. The van der Waals surface area contributed by atoms with Crippen LogP contribution in [0.2, 0.25) is 0 Å². The van der Waals surface area contributed by atoms with Gasteiger partial charge in [-0.2, -0.15) is 5.10 Å². The lowest BCUT2D eigenvalue weighted by Gasteiger charge is -2.22. The SMILES string of the molecule is CCNCCc1c(C)nn(CC2CC3CCC2C3)c1C. The van der Waals surface area contributed by atoms with E-state index in [1.807, 2.05) is 0 Å². The topological polar surface area (TPSA) is 29.9 Å². The average molecular weight is 275 g/mol. The summed E-state index contributed by atoms with van der Waals surface area (Å²) in [4.78, 5) is 0. The fourth-order valence-electron chi connectivity index (χ4n) is 4.49. The van der Waals surface area contributed by atoms with Crippen molar-refractivity contribution in [2.45, 2.75) is 59.4 Å². The van der Waals surface area contributed by atoms with Crippen LogP contribution in [0, 0.1) is 31.6 Å². The van der Waals surface area contributed by atoms with Gasteiger partial charge in [-0.3, -0.25) is 4.68 Å². The lowest BCUT2D eigenvalue weighted by molar-refractivity contribution is 0.283. The summed E-state index contributed by atoms with van der Waals surface area (Å²) >= 11 is 0. The Balaban J connectivity index is 1.66. The van der Waals surface area contributed by atoms with Crippen molar-refractivity contribution in [3.05, 3.63) is 17.0 Å². The van der Waals surface area contributed by atoms with Crippen molar-refractivity contribution >= 4 is 0 Å². The minimum Gasteiger partial charge on any atom is -0.317 e. The van der Waals surface area contributed by atoms with Crippen molar-refractivity contribution in [1.82, 2.24) is 15.1 Å². The molecule has 2 saturated carbocycles. The van der Waals surface area contributed by atoms with Gasteiger partial charge in [-0.1, -0.05) is 13.3 Å². The maximum atomic E-state index is 4.82. The number of fused-ring (bicyclic) bond motifs is 2. The molecule has 0 radical (unpaired) electrons. The number of hydrogen-bond donors (Lipinski definition) is 1. The van der Waals surface area contributed by atoms with Crippen LogP contribution < -0.4 is 5.32 Å². The average Bonchev–Trinajstić information content (AvgIpc) is 3.10. The molecule has 3 heteroatoms. The summed E-state index contributed by atoms with van der Waals surface area (Å²) in [6.45, 7) is 9.88. The van der Waals surface area contributed by atoms with E-state index in [0.717, 1.165) is 43.8 Å². The summed E-state index contributed by atoms with van der Waals surface area (Å²) in [5, 5.41) is 8.24. The Morgan fingerprint density at radius 3 is 2.75 bits per heavy atom. The quantitative estimate of drug-likeness (QED) is 0.809. The van der Waals surface area contributed by atoms with Gasteiger partial charge in [0.2, 0.25) is 0 Å². The molecule has 3 unspecified atom stereocenters. The van der Waals surface area contributed by atoms with Crippen LogP contribution in [0.3, 0.4) is 0 Å². The van der Waals surface area contributed by atoms with Gasteiger partial charge in [0.05, 0.1) is 5.69 Å². The molecule has 0 aliphatic heterocycles. The first kappa shape index (κ1) is 14.1. The number of hydrogen-bond acceptors (Lipinski definition) is 2. The Labute approximate surface area is 123 Å². The van der Waals surface area contributed by atoms with Crippen molar-refractivity contribution in [1.29, 1.82) is 0 Å². The van der Waals surface area contributed by atoms with E-state index in [9.17, 15) is 0 Å². The van der Waals surface area contributed by atoms with Gasteiger partial charge in [0.15, 0.2) is 0 Å². The van der Waals surface area contributed by atoms with Crippen LogP contribution in [-0.2, 0) is 13.0 Å². The van der Waals surface area contributed by atoms with Crippen LogP contribution in [0.5, 0.6) is 0 Å². The van der Waals surface area contributed by atoms with E-state index in [1.165, 1.54) is 42.6 Å². The first-order valence-corrected chi connectivity index (χ1v) is 8.42. The maximum Gasteiger partial charge on any atom is 0.0628 e. The second-order valence-electron chi connectivity index (χ2n) is 6.87. The largest absolute Gasteiger partial charge is 0.317 e. The second kappa shape index (κ2) is 5.88. The molecule has 2 aliphatic rings. The third kappa shape index (κ3) is 2.65. The van der Waals surface area contributed by atoms with Crippen LogP contribution in [-0.4, -0.2) is 22.9 Å². The first-order chi connectivity index (χ1) is 9.69. The molecule has 112 valence electrons. The highest BCUT2D eigenvalue weighted by Crippen LogP contribution is 2.48. The van der Waals surface area contributed by atoms with E-state index >= 15 is 0 Å². The van der Waals surface area contributed by atoms with Gasteiger partial charge in [-0.25, -0.2) is 0 Å². The van der Waals surface area contributed by atoms with E-state index in [4.69, 9.17) is 5.10 Å². The summed E-state index contributed by atoms with van der Waals surface area (Å²) in [6, 6.07) is 0. The molecule has 3 nitrogen and oxygen atoms in total. The minimum absolute atomic E-state index is 0.897. The molecule has 2 fully saturated rings. The monoisotopic (exact) mass is 275 g/mol. The molecule has 0 spiro atoms. The number of rotatable bonds is 6. The third-order valence-electron chi connectivity index (χ3n) is 5.63. The molecule has 3 rings (SSSR count). The maximum absolute atomic E-state index is 4.82. The molecular weight excluding hydrogens is 246 g/mol. The van der Waals surface area contributed by atoms with Crippen molar-refractivity contribution in [3.63, 3.8) is 0 Å². The zero-order chi connectivity index (χ0) is 14.1. The highest BCUT2D eigenvalue weighted by molar-refractivity contribution is 5.25. The van der Waals surface area contributed by atoms with E-state index in [1.54, 1.807) is 0 Å². The van der Waals surface area contributed by atoms with Crippen LogP contribution in [0.25, 0.3) is 0 Å². The molecule has 1 aromatic heterocycles. The normalized spacial score (nSPS) is 28.4. The molecule has 0 aromatic carbocycles. The number of aryl methyl sites for hydroxylation is 1. The molecular formula is C17H29N3. The van der Waals surface area contributed by atoms with Gasteiger partial charge in [-0.15, -0.1) is 0 Å². The van der Waals surface area contributed by atoms with Crippen molar-refractivity contribution < 1.29 is 0 Å². The highest BCUT2D eigenvalue weighted by Gasteiger charge is 2.39. The second-order valence-corrected chi connectivity index (χ2v) is 6.87. The van der Waals surface area contributed by atoms with Crippen LogP contribution in [0.4, 0.5) is 0 Å². The van der Waals surface area contributed by atoms with Gasteiger partial charge in [0.1, 0.15) is 0 Å². The fourth-order valence-corrected chi connectivity index (χ4v) is 4.49. The Kier molecular flexibility index (Phi) is 4.16. The molecule has 2 aliphatic carbocycles. The Morgan fingerprint density at radius 1 is 1.25 bits per heavy atom. The number of nitrogens with zero attached hydrogens (tertiary/aromatic N) is 2. The van der Waals surface area contributed by atoms with Gasteiger partial charge in [0.25, 0.3) is 0 Å². The Bertz CT molecular complexity index is 463. The van der Waals surface area contributed by atoms with Crippen LogP contribution in [0.15, 0.2) is 0 Å². The van der Waals surface area contributed by atoms with Gasteiger partial charge in [0, 0.05) is 12.2 Å². The minimum atomic E-state index is 0.897. The Hall–Kier alpha value is -0.830. The van der Waals surface area contributed by atoms with Crippen molar-refractivity contribution in [3.8, 4) is 0 Å². The molecule has 0 amide bonds. The van der Waals surface area contributed by atoms with Gasteiger partial charge >= 0.3 is 0 Å². The summed E-state index contributed by atoms with van der Waals surface area (Å²) in [5.74, 6) is 2.93. The van der Waals surface area contributed by atoms with Crippen LogP contribution >= 0.6 is 0 Å². The predicted octanol–water partition coefficient (Wildman–Crippen LogP) is 3.09. The van der Waals surface area contributed by atoms with Crippen molar-refractivity contribution in [2.75, 3.05) is 13.1 Å².